The standard InChI is InChI=1S/2C18H15P.2CHF3O3S/c2*1-4-10-16(11-5-1)19(17-12-6-2-7-13-17)18-14-8-3-9-15-18;2*2-1(3,4)8(5,6)7/h2*1-15H;2*(H,5,6,7). The van der Waals surface area contributed by atoms with Gasteiger partial charge in [0, 0.05) is 0 Å². The molecule has 284 valence electrons. The molecule has 6 aromatic rings. The summed E-state index contributed by atoms with van der Waals surface area (Å²) in [6.07, 6.45) is 0. The average molecular weight is 825 g/mol. The van der Waals surface area contributed by atoms with Crippen molar-refractivity contribution in [2.45, 2.75) is 11.0 Å². The fraction of sp³-hybridized carbons (Fsp3) is 0.0526. The molecule has 0 atom stereocenters. The number of hydrogen-bond donors (Lipinski definition) is 0. The molecule has 6 aromatic carbocycles. The largest absolute Gasteiger partial charge is 0.741 e. The highest BCUT2D eigenvalue weighted by Crippen LogP contribution is 2.33. The second-order valence-electron chi connectivity index (χ2n) is 10.7. The van der Waals surface area contributed by atoms with Crippen molar-refractivity contribution in [2.75, 3.05) is 0 Å². The number of benzene rings is 6. The van der Waals surface area contributed by atoms with Gasteiger partial charge < -0.3 is 9.11 Å². The van der Waals surface area contributed by atoms with Crippen LogP contribution in [0.4, 0.5) is 26.3 Å². The zero-order chi connectivity index (χ0) is 39.8. The summed E-state index contributed by atoms with van der Waals surface area (Å²) < 4.78 is 118. The van der Waals surface area contributed by atoms with Gasteiger partial charge in [-0.1, -0.05) is 109 Å². The fourth-order valence-corrected chi connectivity index (χ4v) is 9.78. The Kier molecular flexibility index (Phi) is 16.5. The molecule has 0 unspecified atom stereocenters. The molecule has 0 saturated carbocycles. The van der Waals surface area contributed by atoms with Crippen LogP contribution in [0.3, 0.4) is 0 Å². The summed E-state index contributed by atoms with van der Waals surface area (Å²) in [5, 5.41) is 8.61. The zero-order valence-electron chi connectivity index (χ0n) is 27.9. The molecule has 0 aromatic heterocycles. The van der Waals surface area contributed by atoms with Crippen molar-refractivity contribution in [1.82, 2.24) is 0 Å². The summed E-state index contributed by atoms with van der Waals surface area (Å²) >= 11 is 0. The van der Waals surface area contributed by atoms with Crippen molar-refractivity contribution in [2.24, 2.45) is 0 Å². The Labute approximate surface area is 312 Å². The summed E-state index contributed by atoms with van der Waals surface area (Å²) in [6.45, 7) is 0. The van der Waals surface area contributed by atoms with Gasteiger partial charge in [-0.15, -0.1) is 0 Å². The monoisotopic (exact) mass is 824 g/mol. The van der Waals surface area contributed by atoms with E-state index >= 15 is 0 Å². The van der Waals surface area contributed by atoms with Crippen LogP contribution in [0, 0.1) is 0 Å². The van der Waals surface area contributed by atoms with Gasteiger partial charge in [0.1, 0.15) is 31.8 Å². The predicted molar refractivity (Wildman–Crippen MR) is 205 cm³/mol. The van der Waals surface area contributed by atoms with Crippen molar-refractivity contribution >= 4 is 67.9 Å². The van der Waals surface area contributed by atoms with E-state index in [1.54, 1.807) is 0 Å². The zero-order valence-corrected chi connectivity index (χ0v) is 31.5. The maximum Gasteiger partial charge on any atom is 0.485 e. The first kappa shape index (κ1) is 44.0. The molecule has 54 heavy (non-hydrogen) atoms. The Morgan fingerprint density at radius 2 is 0.426 bits per heavy atom. The molecule has 0 N–H and O–H groups in total. The minimum Gasteiger partial charge on any atom is -0.741 e. The lowest BCUT2D eigenvalue weighted by Gasteiger charge is -2.10. The second-order valence-corrected chi connectivity index (χ2v) is 18.5. The van der Waals surface area contributed by atoms with Crippen molar-refractivity contribution in [1.29, 1.82) is 0 Å². The Bertz CT molecular complexity index is 1840. The summed E-state index contributed by atoms with van der Waals surface area (Å²) in [5.41, 5.74) is -11.3. The van der Waals surface area contributed by atoms with Gasteiger partial charge in [0.05, 0.1) is 15.8 Å². The highest BCUT2D eigenvalue weighted by Gasteiger charge is 2.37. The number of alkyl halides is 6. The van der Waals surface area contributed by atoms with Crippen LogP contribution in [0.25, 0.3) is 0 Å². The number of hydrogen-bond acceptors (Lipinski definition) is 6. The minimum absolute atomic E-state index is 0.877. The summed E-state index contributed by atoms with van der Waals surface area (Å²) in [7, 11) is -13.9. The van der Waals surface area contributed by atoms with Gasteiger partial charge in [-0.2, -0.15) is 26.3 Å². The molecule has 0 fully saturated rings. The Hall–Kier alpha value is -4.42. The van der Waals surface area contributed by atoms with E-state index in [2.05, 4.69) is 182 Å². The summed E-state index contributed by atoms with van der Waals surface area (Å²) in [6, 6.07) is 65.0. The van der Waals surface area contributed by atoms with Gasteiger partial charge in [0.25, 0.3) is 0 Å². The predicted octanol–water partition coefficient (Wildman–Crippen LogP) is 6.46. The molecule has 0 spiro atoms. The molecular weight excluding hydrogens is 792 g/mol. The topological polar surface area (TPSA) is 114 Å². The van der Waals surface area contributed by atoms with E-state index in [1.807, 2.05) is 0 Å². The van der Waals surface area contributed by atoms with E-state index in [4.69, 9.17) is 25.9 Å². The van der Waals surface area contributed by atoms with Gasteiger partial charge in [-0.3, -0.25) is 0 Å². The van der Waals surface area contributed by atoms with E-state index in [9.17, 15) is 26.3 Å². The van der Waals surface area contributed by atoms with E-state index < -0.39 is 47.1 Å². The lowest BCUT2D eigenvalue weighted by Crippen LogP contribution is -2.21. The minimum atomic E-state index is -6.09. The number of rotatable bonds is 6. The van der Waals surface area contributed by atoms with Crippen LogP contribution in [0.1, 0.15) is 0 Å². The molecule has 0 aliphatic carbocycles. The third-order valence-corrected chi connectivity index (χ3v) is 13.5. The van der Waals surface area contributed by atoms with Crippen molar-refractivity contribution in [3.63, 3.8) is 0 Å². The summed E-state index contributed by atoms with van der Waals surface area (Å²) in [5.74, 6) is 0. The molecular formula is C38H32F6O6P2S2. The fourth-order valence-electron chi connectivity index (χ4n) is 4.63. The average Bonchev–Trinajstić information content (AvgIpc) is 3.14. The SMILES string of the molecule is O=S(=O)([O-])C(F)(F)F.O=S(=O)([O-])C(F)(F)F.c1ccc([PH+](c2ccccc2)c2ccccc2)cc1.c1ccc([PH+](c2ccccc2)c2ccccc2)cc1. The van der Waals surface area contributed by atoms with Crippen LogP contribution in [0.5, 0.6) is 0 Å². The third-order valence-electron chi connectivity index (χ3n) is 6.94. The van der Waals surface area contributed by atoms with Gasteiger partial charge in [-0.05, 0) is 72.8 Å². The van der Waals surface area contributed by atoms with Gasteiger partial charge in [0.15, 0.2) is 20.2 Å². The number of halogens is 6. The van der Waals surface area contributed by atoms with E-state index in [1.165, 1.54) is 31.8 Å². The second kappa shape index (κ2) is 20.3. The normalized spacial score (nSPS) is 11.6. The van der Waals surface area contributed by atoms with E-state index in [0.717, 1.165) is 0 Å². The van der Waals surface area contributed by atoms with Crippen LogP contribution in [-0.4, -0.2) is 37.0 Å². The first-order valence-electron chi connectivity index (χ1n) is 15.5. The van der Waals surface area contributed by atoms with Crippen molar-refractivity contribution in [3.05, 3.63) is 182 Å². The third kappa shape index (κ3) is 14.1. The van der Waals surface area contributed by atoms with Crippen LogP contribution in [0.15, 0.2) is 182 Å². The quantitative estimate of drug-likeness (QED) is 0.0826. The molecule has 0 radical (unpaired) electrons. The molecule has 0 aliphatic rings. The maximum atomic E-state index is 10.7. The lowest BCUT2D eigenvalue weighted by atomic mass is 10.4. The molecule has 0 amide bonds. The van der Waals surface area contributed by atoms with Crippen LogP contribution in [0.2, 0.25) is 0 Å². The Morgan fingerprint density at radius 3 is 0.519 bits per heavy atom. The lowest BCUT2D eigenvalue weighted by molar-refractivity contribution is -0.0522. The maximum absolute atomic E-state index is 10.7. The first-order valence-corrected chi connectivity index (χ1v) is 21.3. The molecule has 0 aliphatic heterocycles. The molecule has 0 saturated heterocycles. The molecule has 16 heteroatoms. The van der Waals surface area contributed by atoms with E-state index in [-0.39, 0.29) is 0 Å². The highest BCUT2D eigenvalue weighted by molar-refractivity contribution is 7.86. The first-order chi connectivity index (χ1) is 25.4. The molecule has 6 rings (SSSR count). The molecule has 0 bridgehead atoms. The highest BCUT2D eigenvalue weighted by atomic mass is 32.2. The van der Waals surface area contributed by atoms with Gasteiger partial charge in [0.2, 0.25) is 0 Å². The van der Waals surface area contributed by atoms with Gasteiger partial charge in [-0.25, -0.2) is 16.8 Å². The Morgan fingerprint density at radius 1 is 0.315 bits per heavy atom. The Balaban J connectivity index is 0.000000211. The summed E-state index contributed by atoms with van der Waals surface area (Å²) in [4.78, 5) is 0. The van der Waals surface area contributed by atoms with E-state index in [0.29, 0.717) is 0 Å². The smallest absolute Gasteiger partial charge is 0.485 e. The van der Waals surface area contributed by atoms with Crippen molar-refractivity contribution < 1.29 is 52.3 Å². The van der Waals surface area contributed by atoms with Crippen LogP contribution < -0.4 is 31.8 Å². The van der Waals surface area contributed by atoms with Crippen molar-refractivity contribution in [3.8, 4) is 0 Å². The molecule has 0 heterocycles. The van der Waals surface area contributed by atoms with Crippen LogP contribution in [-0.2, 0) is 20.2 Å². The molecule has 6 nitrogen and oxygen atoms in total. The van der Waals surface area contributed by atoms with Gasteiger partial charge >= 0.3 is 11.0 Å². The van der Waals surface area contributed by atoms with Crippen LogP contribution >= 0.6 is 15.8 Å².